The molecule has 5 heteroatoms. The highest BCUT2D eigenvalue weighted by Gasteiger charge is 2.34. The Morgan fingerprint density at radius 2 is 1.81 bits per heavy atom. The Hall–Kier alpha value is -1.62. The summed E-state index contributed by atoms with van der Waals surface area (Å²) in [6, 6.07) is 3.36. The van der Waals surface area contributed by atoms with Crippen molar-refractivity contribution in [3.63, 3.8) is 0 Å². The van der Waals surface area contributed by atoms with Gasteiger partial charge in [-0.3, -0.25) is 9.18 Å². The fourth-order valence-corrected chi connectivity index (χ4v) is 1.09. The first kappa shape index (κ1) is 14.4. The highest BCUT2D eigenvalue weighted by Crippen LogP contribution is 2.26. The van der Waals surface area contributed by atoms with Crippen LogP contribution in [0.15, 0.2) is 0 Å². The molecule has 88 valence electrons. The number of alkyl halides is 1. The Kier molecular flexibility index (Phi) is 4.91. The number of ether oxygens (including phenoxy) is 1. The molecule has 0 aromatic rings. The average molecular weight is 226 g/mol. The summed E-state index contributed by atoms with van der Waals surface area (Å²) in [6.07, 6.45) is -0.680. The number of carbonyl (C=O) groups is 1. The standard InChI is InChI=1S/C11H15FN2O2/c1-10(2,3)16-9(15)6-11(7-13,8-14)4-5-12/h4-6H2,1-3H3. The number of nitrogens with zero attached hydrogens (tertiary/aromatic N) is 2. The van der Waals surface area contributed by atoms with Gasteiger partial charge in [0.1, 0.15) is 5.60 Å². The molecule has 0 aliphatic carbocycles. The molecule has 0 radical (unpaired) electrons. The Balaban J connectivity index is 4.62. The van der Waals surface area contributed by atoms with Gasteiger partial charge in [-0.15, -0.1) is 0 Å². The maximum atomic E-state index is 12.2. The summed E-state index contributed by atoms with van der Waals surface area (Å²) < 4.78 is 17.2. The van der Waals surface area contributed by atoms with E-state index >= 15 is 0 Å². The molecule has 0 aliphatic heterocycles. The maximum Gasteiger partial charge on any atom is 0.309 e. The highest BCUT2D eigenvalue weighted by molar-refractivity contribution is 5.72. The lowest BCUT2D eigenvalue weighted by Gasteiger charge is -2.22. The predicted octanol–water partition coefficient (Wildman–Crippen LogP) is 2.11. The zero-order valence-corrected chi connectivity index (χ0v) is 9.71. The quantitative estimate of drug-likeness (QED) is 0.688. The molecule has 0 bridgehead atoms. The molecule has 16 heavy (non-hydrogen) atoms. The number of carbonyl (C=O) groups excluding carboxylic acids is 1. The molecule has 4 nitrogen and oxygen atoms in total. The van der Waals surface area contributed by atoms with Crippen molar-refractivity contribution < 1.29 is 13.9 Å². The smallest absolute Gasteiger partial charge is 0.309 e. The average Bonchev–Trinajstić information content (AvgIpc) is 2.14. The number of hydrogen-bond donors (Lipinski definition) is 0. The third-order valence-electron chi connectivity index (χ3n) is 1.82. The number of rotatable bonds is 4. The molecule has 0 amide bonds. The summed E-state index contributed by atoms with van der Waals surface area (Å²) in [6.45, 7) is 4.23. The fraction of sp³-hybridized carbons (Fsp3) is 0.727. The van der Waals surface area contributed by atoms with E-state index < -0.39 is 30.1 Å². The van der Waals surface area contributed by atoms with E-state index in [9.17, 15) is 9.18 Å². The molecule has 0 aromatic carbocycles. The molecule has 0 N–H and O–H groups in total. The maximum absolute atomic E-state index is 12.2. The van der Waals surface area contributed by atoms with Crippen molar-refractivity contribution >= 4 is 5.97 Å². The van der Waals surface area contributed by atoms with E-state index in [-0.39, 0.29) is 6.42 Å². The lowest BCUT2D eigenvalue weighted by Crippen LogP contribution is -2.29. The first-order valence-corrected chi connectivity index (χ1v) is 4.89. The van der Waals surface area contributed by atoms with Crippen molar-refractivity contribution in [1.82, 2.24) is 0 Å². The molecular formula is C11H15FN2O2. The van der Waals surface area contributed by atoms with Crippen molar-refractivity contribution in [2.45, 2.75) is 39.2 Å². The lowest BCUT2D eigenvalue weighted by molar-refractivity contribution is -0.156. The van der Waals surface area contributed by atoms with Crippen molar-refractivity contribution in [2.24, 2.45) is 5.41 Å². The van der Waals surface area contributed by atoms with E-state index in [0.717, 1.165) is 0 Å². The molecule has 0 fully saturated rings. The first-order valence-electron chi connectivity index (χ1n) is 4.89. The first-order chi connectivity index (χ1) is 7.28. The van der Waals surface area contributed by atoms with Crippen LogP contribution in [0.4, 0.5) is 4.39 Å². The highest BCUT2D eigenvalue weighted by atomic mass is 19.1. The van der Waals surface area contributed by atoms with Crippen LogP contribution in [-0.4, -0.2) is 18.2 Å². The Morgan fingerprint density at radius 3 is 2.12 bits per heavy atom. The third-order valence-corrected chi connectivity index (χ3v) is 1.82. The molecule has 0 saturated carbocycles. The summed E-state index contributed by atoms with van der Waals surface area (Å²) in [5, 5.41) is 17.6. The van der Waals surface area contributed by atoms with Gasteiger partial charge in [0.05, 0.1) is 25.2 Å². The van der Waals surface area contributed by atoms with E-state index in [4.69, 9.17) is 15.3 Å². The van der Waals surface area contributed by atoms with E-state index in [0.29, 0.717) is 0 Å². The lowest BCUT2D eigenvalue weighted by atomic mass is 9.85. The van der Waals surface area contributed by atoms with Gasteiger partial charge in [0.15, 0.2) is 5.41 Å². The zero-order chi connectivity index (χ0) is 12.8. The summed E-state index contributed by atoms with van der Waals surface area (Å²) in [7, 11) is 0. The number of nitriles is 2. The Bertz CT molecular complexity index is 319. The van der Waals surface area contributed by atoms with Crippen molar-refractivity contribution in [1.29, 1.82) is 10.5 Å². The van der Waals surface area contributed by atoms with Gasteiger partial charge in [0.2, 0.25) is 0 Å². The molecule has 0 aliphatic rings. The van der Waals surface area contributed by atoms with Gasteiger partial charge in [-0.2, -0.15) is 10.5 Å². The monoisotopic (exact) mass is 226 g/mol. The van der Waals surface area contributed by atoms with Gasteiger partial charge in [-0.05, 0) is 20.8 Å². The molecule has 0 aromatic heterocycles. The second-order valence-electron chi connectivity index (χ2n) is 4.51. The van der Waals surface area contributed by atoms with Crippen LogP contribution in [0, 0.1) is 28.1 Å². The van der Waals surface area contributed by atoms with Gasteiger partial charge in [0.25, 0.3) is 0 Å². The number of hydrogen-bond acceptors (Lipinski definition) is 4. The van der Waals surface area contributed by atoms with Crippen molar-refractivity contribution in [3.05, 3.63) is 0 Å². The third kappa shape index (κ3) is 4.75. The largest absolute Gasteiger partial charge is 0.460 e. The second kappa shape index (κ2) is 5.46. The van der Waals surface area contributed by atoms with Crippen LogP contribution in [0.5, 0.6) is 0 Å². The summed E-state index contributed by atoms with van der Waals surface area (Å²) in [5.74, 6) is -0.663. The SMILES string of the molecule is CC(C)(C)OC(=O)CC(C#N)(C#N)CCF. The van der Waals surface area contributed by atoms with E-state index in [1.165, 1.54) is 0 Å². The van der Waals surface area contributed by atoms with Crippen LogP contribution in [0.1, 0.15) is 33.6 Å². The van der Waals surface area contributed by atoms with Crippen LogP contribution in [-0.2, 0) is 9.53 Å². The minimum absolute atomic E-state index is 0.279. The van der Waals surface area contributed by atoms with Gasteiger partial charge in [-0.25, -0.2) is 0 Å². The molecular weight excluding hydrogens is 211 g/mol. The van der Waals surface area contributed by atoms with Crippen LogP contribution < -0.4 is 0 Å². The van der Waals surface area contributed by atoms with E-state index in [1.54, 1.807) is 32.9 Å². The van der Waals surface area contributed by atoms with Gasteiger partial charge in [-0.1, -0.05) is 0 Å². The predicted molar refractivity (Wildman–Crippen MR) is 54.7 cm³/mol. The Morgan fingerprint density at radius 1 is 1.31 bits per heavy atom. The summed E-state index contributed by atoms with van der Waals surface area (Å²) in [4.78, 5) is 11.4. The van der Waals surface area contributed by atoms with Crippen LogP contribution >= 0.6 is 0 Å². The number of esters is 1. The van der Waals surface area contributed by atoms with Gasteiger partial charge in [0, 0.05) is 6.42 Å². The fourth-order valence-electron chi connectivity index (χ4n) is 1.09. The molecule has 0 rings (SSSR count). The molecule has 0 unspecified atom stereocenters. The second-order valence-corrected chi connectivity index (χ2v) is 4.51. The number of halogens is 1. The topological polar surface area (TPSA) is 73.9 Å². The molecule has 0 atom stereocenters. The van der Waals surface area contributed by atoms with Gasteiger partial charge < -0.3 is 4.74 Å². The molecule has 0 spiro atoms. The van der Waals surface area contributed by atoms with E-state index in [1.807, 2.05) is 0 Å². The minimum Gasteiger partial charge on any atom is -0.460 e. The van der Waals surface area contributed by atoms with Crippen LogP contribution in [0.3, 0.4) is 0 Å². The molecule has 0 saturated heterocycles. The Labute approximate surface area is 94.6 Å². The van der Waals surface area contributed by atoms with Gasteiger partial charge >= 0.3 is 5.97 Å². The van der Waals surface area contributed by atoms with Crippen molar-refractivity contribution in [3.8, 4) is 12.1 Å². The summed E-state index contributed by atoms with van der Waals surface area (Å²) in [5.41, 5.74) is -2.29. The minimum atomic E-state index is -1.61. The zero-order valence-electron chi connectivity index (χ0n) is 9.71. The van der Waals surface area contributed by atoms with E-state index in [2.05, 4.69) is 0 Å². The molecule has 0 heterocycles. The van der Waals surface area contributed by atoms with Crippen molar-refractivity contribution in [2.75, 3.05) is 6.67 Å². The van der Waals surface area contributed by atoms with Crippen LogP contribution in [0.2, 0.25) is 0 Å². The van der Waals surface area contributed by atoms with Crippen LogP contribution in [0.25, 0.3) is 0 Å². The summed E-state index contributed by atoms with van der Waals surface area (Å²) >= 11 is 0. The normalized spacial score (nSPS) is 11.4.